The van der Waals surface area contributed by atoms with Crippen LogP contribution in [0.1, 0.15) is 61.7 Å². The Kier molecular flexibility index (Phi) is 8.23. The van der Waals surface area contributed by atoms with E-state index in [-0.39, 0.29) is 48.7 Å². The summed E-state index contributed by atoms with van der Waals surface area (Å²) in [7, 11) is 0. The minimum Gasteiger partial charge on any atom is -0.493 e. The molecule has 0 spiro atoms. The van der Waals surface area contributed by atoms with E-state index < -0.39 is 23.8 Å². The predicted octanol–water partition coefficient (Wildman–Crippen LogP) is 3.55. The summed E-state index contributed by atoms with van der Waals surface area (Å²) < 4.78 is 40.4. The number of amides is 2. The van der Waals surface area contributed by atoms with Crippen LogP contribution in [-0.4, -0.2) is 78.0 Å². The zero-order valence-corrected chi connectivity index (χ0v) is 23.0. The quantitative estimate of drug-likeness (QED) is 0.512. The van der Waals surface area contributed by atoms with E-state index in [2.05, 4.69) is 15.5 Å². The summed E-state index contributed by atoms with van der Waals surface area (Å²) in [6.07, 6.45) is 5.11. The molecule has 3 fully saturated rings. The zero-order valence-electron chi connectivity index (χ0n) is 23.0. The van der Waals surface area contributed by atoms with Crippen molar-refractivity contribution < 1.29 is 33.0 Å². The molecule has 41 heavy (non-hydrogen) atoms. The number of hydrogen-bond donors (Lipinski definition) is 3. The molecular formula is C31H37F2N3O5. The average molecular weight is 570 g/mol. The van der Waals surface area contributed by atoms with Crippen LogP contribution < -0.4 is 15.4 Å². The predicted molar refractivity (Wildman–Crippen MR) is 147 cm³/mol. The number of fused-ring (bicyclic) bond motifs is 5. The van der Waals surface area contributed by atoms with Crippen LogP contribution in [0, 0.1) is 11.6 Å². The smallest absolute Gasteiger partial charge is 0.255 e. The number of likely N-dealkylation sites (tertiary alicyclic amines) is 1. The van der Waals surface area contributed by atoms with Crippen molar-refractivity contribution in [2.24, 2.45) is 0 Å². The van der Waals surface area contributed by atoms with E-state index in [1.807, 2.05) is 0 Å². The lowest BCUT2D eigenvalue weighted by atomic mass is 9.99. The second-order valence-electron chi connectivity index (χ2n) is 11.7. The minimum absolute atomic E-state index is 0.103. The Hall–Kier alpha value is -3.08. The number of ether oxygens (including phenoxy) is 2. The number of aliphatic hydroxyl groups is 1. The topological polar surface area (TPSA) is 100 Å². The average Bonchev–Trinajstić information content (AvgIpc) is 3.63. The standard InChI is InChI=1S/C31H37F2N3O5/c32-19-6-9-23(25(33)14-19)18-5-8-24-28(13-18)40-12-11-22-7-10-27(37)29(41-22)16-34-31(39)26-15-20(35-30(24)38)17-36(26)21-3-1-2-4-21/h5-6,8-9,13-14,20-22,26-27,29,37H,1-4,7,10-12,15-17H2,(H,34,39)(H,35,38)/t20-,22-,26-,27-,29+/m0/s1. The first-order valence-corrected chi connectivity index (χ1v) is 14.8. The number of nitrogens with one attached hydrogen (secondary N) is 2. The van der Waals surface area contributed by atoms with Crippen molar-refractivity contribution >= 4 is 11.8 Å². The molecule has 2 aromatic carbocycles. The number of benzene rings is 2. The number of hydrogen-bond acceptors (Lipinski definition) is 6. The largest absolute Gasteiger partial charge is 0.493 e. The van der Waals surface area contributed by atoms with Gasteiger partial charge < -0.3 is 25.2 Å². The molecule has 0 unspecified atom stereocenters. The van der Waals surface area contributed by atoms with Gasteiger partial charge in [0.2, 0.25) is 5.91 Å². The van der Waals surface area contributed by atoms with Crippen molar-refractivity contribution in [3.8, 4) is 16.9 Å². The second-order valence-corrected chi connectivity index (χ2v) is 11.7. The molecule has 2 aromatic rings. The molecule has 1 aliphatic carbocycles. The van der Waals surface area contributed by atoms with Gasteiger partial charge in [-0.3, -0.25) is 14.5 Å². The molecule has 3 heterocycles. The molecule has 2 saturated heterocycles. The molecule has 0 aromatic heterocycles. The lowest BCUT2D eigenvalue weighted by Gasteiger charge is -2.35. The summed E-state index contributed by atoms with van der Waals surface area (Å²) in [6, 6.07) is 7.89. The van der Waals surface area contributed by atoms with Crippen molar-refractivity contribution in [2.75, 3.05) is 19.7 Å². The number of halogens is 2. The van der Waals surface area contributed by atoms with Crippen LogP contribution in [0.4, 0.5) is 8.78 Å². The highest BCUT2D eigenvalue weighted by Gasteiger charge is 2.42. The van der Waals surface area contributed by atoms with E-state index in [0.29, 0.717) is 55.1 Å². The van der Waals surface area contributed by atoms with Gasteiger partial charge in [-0.25, -0.2) is 8.78 Å². The molecule has 8 nitrogen and oxygen atoms in total. The van der Waals surface area contributed by atoms with Crippen LogP contribution in [0.15, 0.2) is 36.4 Å². The number of nitrogens with zero attached hydrogens (tertiary/aromatic N) is 1. The fraction of sp³-hybridized carbons (Fsp3) is 0.548. The van der Waals surface area contributed by atoms with Gasteiger partial charge in [0.05, 0.1) is 30.4 Å². The maximum atomic E-state index is 14.6. The maximum absolute atomic E-state index is 14.6. The number of carbonyl (C=O) groups excluding carboxylic acids is 2. The fourth-order valence-electron chi connectivity index (χ4n) is 6.81. The molecular weight excluding hydrogens is 532 g/mol. The van der Waals surface area contributed by atoms with E-state index in [9.17, 15) is 23.5 Å². The van der Waals surface area contributed by atoms with Gasteiger partial charge in [-0.05, 0) is 61.9 Å². The Bertz CT molecular complexity index is 1290. The van der Waals surface area contributed by atoms with Gasteiger partial charge in [0, 0.05) is 43.2 Å². The summed E-state index contributed by atoms with van der Waals surface area (Å²) in [5.41, 5.74) is 0.974. The SMILES string of the molecule is O=C1N[C@H]2C[C@@H](C(=O)NC[C@H]3O[C@H](CCOc4cc(-c5ccc(F)cc5F)ccc41)CC[C@@H]3O)N(C1CCCC1)C2. The van der Waals surface area contributed by atoms with Gasteiger partial charge in [0.1, 0.15) is 23.5 Å². The Morgan fingerprint density at radius 3 is 2.56 bits per heavy atom. The summed E-state index contributed by atoms with van der Waals surface area (Å²) in [5, 5.41) is 16.7. The Morgan fingerprint density at radius 1 is 0.951 bits per heavy atom. The van der Waals surface area contributed by atoms with Gasteiger partial charge in [0.15, 0.2) is 0 Å². The van der Waals surface area contributed by atoms with Crippen LogP contribution >= 0.6 is 0 Å². The van der Waals surface area contributed by atoms with Crippen molar-refractivity contribution in [3.63, 3.8) is 0 Å². The van der Waals surface area contributed by atoms with E-state index in [0.717, 1.165) is 31.7 Å². The molecule has 0 radical (unpaired) electrons. The van der Waals surface area contributed by atoms with Crippen LogP contribution in [0.2, 0.25) is 0 Å². The summed E-state index contributed by atoms with van der Waals surface area (Å²) >= 11 is 0. The van der Waals surface area contributed by atoms with E-state index >= 15 is 0 Å². The first-order valence-electron chi connectivity index (χ1n) is 14.8. The third kappa shape index (κ3) is 6.10. The maximum Gasteiger partial charge on any atom is 0.255 e. The van der Waals surface area contributed by atoms with Crippen LogP contribution in [-0.2, 0) is 9.53 Å². The molecule has 4 aliphatic rings. The third-order valence-corrected chi connectivity index (χ3v) is 8.99. The van der Waals surface area contributed by atoms with Crippen molar-refractivity contribution in [1.82, 2.24) is 15.5 Å². The molecule has 5 atom stereocenters. The van der Waals surface area contributed by atoms with Gasteiger partial charge in [0.25, 0.3) is 5.91 Å². The van der Waals surface area contributed by atoms with Crippen molar-refractivity contribution in [3.05, 3.63) is 53.6 Å². The first kappa shape index (κ1) is 28.1. The second kappa shape index (κ2) is 12.0. The number of carbonyl (C=O) groups is 2. The zero-order chi connectivity index (χ0) is 28.5. The van der Waals surface area contributed by atoms with E-state index in [1.54, 1.807) is 18.2 Å². The molecule has 2 amide bonds. The normalized spacial score (nSPS) is 29.9. The van der Waals surface area contributed by atoms with Gasteiger partial charge in [-0.15, -0.1) is 0 Å². The van der Waals surface area contributed by atoms with Gasteiger partial charge >= 0.3 is 0 Å². The molecule has 4 bridgehead atoms. The third-order valence-electron chi connectivity index (χ3n) is 8.99. The number of rotatable bonds is 2. The van der Waals surface area contributed by atoms with Crippen LogP contribution in [0.5, 0.6) is 5.75 Å². The molecule has 10 heteroatoms. The van der Waals surface area contributed by atoms with Crippen LogP contribution in [0.25, 0.3) is 11.1 Å². The highest BCUT2D eigenvalue weighted by Crippen LogP contribution is 2.33. The van der Waals surface area contributed by atoms with Gasteiger partial charge in [-0.2, -0.15) is 0 Å². The summed E-state index contributed by atoms with van der Waals surface area (Å²) in [4.78, 5) is 29.2. The minimum atomic E-state index is -0.704. The lowest BCUT2D eigenvalue weighted by Crippen LogP contribution is -2.51. The molecule has 6 rings (SSSR count). The molecule has 3 aliphatic heterocycles. The van der Waals surface area contributed by atoms with E-state index in [4.69, 9.17) is 9.47 Å². The summed E-state index contributed by atoms with van der Waals surface area (Å²) in [5.74, 6) is -1.51. The highest BCUT2D eigenvalue weighted by atomic mass is 19.1. The Labute approximate surface area is 238 Å². The molecule has 1 saturated carbocycles. The first-order chi connectivity index (χ1) is 19.9. The number of aliphatic hydroxyl groups excluding tert-OH is 1. The van der Waals surface area contributed by atoms with Crippen molar-refractivity contribution in [1.29, 1.82) is 0 Å². The fourth-order valence-corrected chi connectivity index (χ4v) is 6.81. The molecule has 3 N–H and O–H groups in total. The van der Waals surface area contributed by atoms with E-state index in [1.165, 1.54) is 12.1 Å². The lowest BCUT2D eigenvalue weighted by molar-refractivity contribution is -0.134. The van der Waals surface area contributed by atoms with Crippen LogP contribution in [0.3, 0.4) is 0 Å². The monoisotopic (exact) mass is 569 g/mol. The molecule has 220 valence electrons. The summed E-state index contributed by atoms with van der Waals surface area (Å²) in [6.45, 7) is 1.02. The highest BCUT2D eigenvalue weighted by molar-refractivity contribution is 5.98. The van der Waals surface area contributed by atoms with Gasteiger partial charge in [-0.1, -0.05) is 18.9 Å². The van der Waals surface area contributed by atoms with Crippen molar-refractivity contribution in [2.45, 2.75) is 87.8 Å². The Morgan fingerprint density at radius 2 is 1.76 bits per heavy atom. The Balaban J connectivity index is 1.31.